The van der Waals surface area contributed by atoms with Crippen LogP contribution in [0.5, 0.6) is 0 Å². The summed E-state index contributed by atoms with van der Waals surface area (Å²) < 4.78 is 0. The Morgan fingerprint density at radius 3 is 2.41 bits per heavy atom. The monoisotopic (exact) mass is 251 g/mol. The van der Waals surface area contributed by atoms with Gasteiger partial charge in [-0.05, 0) is 55.9 Å². The van der Waals surface area contributed by atoms with Gasteiger partial charge in [-0.2, -0.15) is 0 Å². The van der Waals surface area contributed by atoms with Crippen molar-refractivity contribution in [3.63, 3.8) is 0 Å². The molecule has 1 heterocycles. The first-order chi connectivity index (χ1) is 8.16. The Bertz CT molecular complexity index is 310. The molecule has 1 N–H and O–H groups in total. The van der Waals surface area contributed by atoms with Gasteiger partial charge in [0.25, 0.3) is 0 Å². The second-order valence-electron chi connectivity index (χ2n) is 5.76. The number of nitrogens with one attached hydrogen (secondary N) is 1. The SMILES string of the molecule is CC(C)C1CCC(N[C@H](C)c2cccs2)CC1. The Balaban J connectivity index is 1.78. The number of thiophene rings is 1. The van der Waals surface area contributed by atoms with Crippen LogP contribution < -0.4 is 5.32 Å². The molecule has 0 unspecified atom stereocenters. The highest BCUT2D eigenvalue weighted by atomic mass is 32.1. The fraction of sp³-hybridized carbons (Fsp3) is 0.733. The van der Waals surface area contributed by atoms with Crippen LogP contribution in [0.1, 0.15) is 57.4 Å². The van der Waals surface area contributed by atoms with Crippen molar-refractivity contribution in [3.8, 4) is 0 Å². The molecule has 1 aliphatic rings. The fourth-order valence-electron chi connectivity index (χ4n) is 2.93. The molecule has 1 aromatic heterocycles. The molecule has 2 heteroatoms. The first kappa shape index (κ1) is 13.1. The van der Waals surface area contributed by atoms with Crippen LogP contribution in [0.15, 0.2) is 17.5 Å². The van der Waals surface area contributed by atoms with E-state index in [1.165, 1.54) is 30.6 Å². The lowest BCUT2D eigenvalue weighted by atomic mass is 9.79. The zero-order valence-electron chi connectivity index (χ0n) is 11.3. The normalized spacial score (nSPS) is 27.3. The van der Waals surface area contributed by atoms with Gasteiger partial charge < -0.3 is 5.32 Å². The lowest BCUT2D eigenvalue weighted by Crippen LogP contribution is -2.35. The zero-order valence-corrected chi connectivity index (χ0v) is 12.1. The summed E-state index contributed by atoms with van der Waals surface area (Å²) in [5, 5.41) is 5.96. The lowest BCUT2D eigenvalue weighted by molar-refractivity contribution is 0.231. The summed E-state index contributed by atoms with van der Waals surface area (Å²) in [6.45, 7) is 7.03. The maximum atomic E-state index is 3.79. The van der Waals surface area contributed by atoms with Crippen molar-refractivity contribution in [1.82, 2.24) is 5.32 Å². The molecule has 1 atom stereocenters. The fourth-order valence-corrected chi connectivity index (χ4v) is 3.67. The van der Waals surface area contributed by atoms with Crippen molar-refractivity contribution in [2.75, 3.05) is 0 Å². The number of rotatable bonds is 4. The maximum absolute atomic E-state index is 3.79. The quantitative estimate of drug-likeness (QED) is 0.823. The topological polar surface area (TPSA) is 12.0 Å². The van der Waals surface area contributed by atoms with Crippen molar-refractivity contribution >= 4 is 11.3 Å². The van der Waals surface area contributed by atoms with Crippen molar-refractivity contribution in [2.24, 2.45) is 11.8 Å². The van der Waals surface area contributed by atoms with E-state index in [9.17, 15) is 0 Å². The van der Waals surface area contributed by atoms with Gasteiger partial charge in [-0.25, -0.2) is 0 Å². The molecular formula is C15H25NS. The van der Waals surface area contributed by atoms with Crippen LogP contribution >= 0.6 is 11.3 Å². The van der Waals surface area contributed by atoms with Crippen molar-refractivity contribution < 1.29 is 0 Å². The molecule has 1 fully saturated rings. The van der Waals surface area contributed by atoms with Gasteiger partial charge in [0.15, 0.2) is 0 Å². The molecule has 1 aromatic rings. The average molecular weight is 251 g/mol. The molecule has 17 heavy (non-hydrogen) atoms. The van der Waals surface area contributed by atoms with E-state index in [2.05, 4.69) is 43.6 Å². The molecule has 0 amide bonds. The molecule has 2 rings (SSSR count). The predicted octanol–water partition coefficient (Wildman–Crippen LogP) is 4.61. The van der Waals surface area contributed by atoms with Crippen molar-refractivity contribution in [3.05, 3.63) is 22.4 Å². The summed E-state index contributed by atoms with van der Waals surface area (Å²) in [6, 6.07) is 5.65. The molecule has 1 aliphatic carbocycles. The van der Waals surface area contributed by atoms with E-state index in [0.29, 0.717) is 6.04 Å². The third-order valence-corrected chi connectivity index (χ3v) is 5.23. The molecule has 0 bridgehead atoms. The number of hydrogen-bond acceptors (Lipinski definition) is 2. The van der Waals surface area contributed by atoms with Crippen LogP contribution in [0.2, 0.25) is 0 Å². The molecule has 0 aromatic carbocycles. The van der Waals surface area contributed by atoms with Crippen molar-refractivity contribution in [1.29, 1.82) is 0 Å². The van der Waals surface area contributed by atoms with Crippen molar-refractivity contribution in [2.45, 2.75) is 58.5 Å². The summed E-state index contributed by atoms with van der Waals surface area (Å²) in [4.78, 5) is 1.47. The second kappa shape index (κ2) is 6.01. The van der Waals surface area contributed by atoms with Crippen LogP contribution in [0, 0.1) is 11.8 Å². The summed E-state index contributed by atoms with van der Waals surface area (Å²) in [7, 11) is 0. The molecule has 1 saturated carbocycles. The Labute approximate surface area is 110 Å². The van der Waals surface area contributed by atoms with Gasteiger partial charge in [0.05, 0.1) is 0 Å². The zero-order chi connectivity index (χ0) is 12.3. The van der Waals surface area contributed by atoms with E-state index >= 15 is 0 Å². The molecular weight excluding hydrogens is 226 g/mol. The van der Waals surface area contributed by atoms with Crippen LogP contribution in [-0.2, 0) is 0 Å². The van der Waals surface area contributed by atoms with E-state index < -0.39 is 0 Å². The van der Waals surface area contributed by atoms with E-state index in [1.54, 1.807) is 0 Å². The predicted molar refractivity (Wildman–Crippen MR) is 76.5 cm³/mol. The van der Waals surface area contributed by atoms with E-state index in [0.717, 1.165) is 17.9 Å². The molecule has 0 aliphatic heterocycles. The van der Waals surface area contributed by atoms with E-state index in [1.807, 2.05) is 11.3 Å². The smallest absolute Gasteiger partial charge is 0.0388 e. The minimum atomic E-state index is 0.524. The van der Waals surface area contributed by atoms with Crippen LogP contribution in [0.4, 0.5) is 0 Å². The van der Waals surface area contributed by atoms with Gasteiger partial charge in [0.2, 0.25) is 0 Å². The molecule has 0 radical (unpaired) electrons. The first-order valence-electron chi connectivity index (χ1n) is 6.96. The third kappa shape index (κ3) is 3.56. The van der Waals surface area contributed by atoms with Gasteiger partial charge in [-0.15, -0.1) is 11.3 Å². The second-order valence-corrected chi connectivity index (χ2v) is 6.74. The Morgan fingerprint density at radius 2 is 1.88 bits per heavy atom. The molecule has 1 nitrogen and oxygen atoms in total. The van der Waals surface area contributed by atoms with Gasteiger partial charge in [0, 0.05) is 17.0 Å². The van der Waals surface area contributed by atoms with Gasteiger partial charge in [-0.1, -0.05) is 19.9 Å². The van der Waals surface area contributed by atoms with Crippen LogP contribution in [0.25, 0.3) is 0 Å². The Kier molecular flexibility index (Phi) is 4.63. The van der Waals surface area contributed by atoms with Crippen LogP contribution in [-0.4, -0.2) is 6.04 Å². The highest BCUT2D eigenvalue weighted by Crippen LogP contribution is 2.31. The van der Waals surface area contributed by atoms with Gasteiger partial charge >= 0.3 is 0 Å². The van der Waals surface area contributed by atoms with Gasteiger partial charge in [0.1, 0.15) is 0 Å². The Hall–Kier alpha value is -0.340. The molecule has 96 valence electrons. The van der Waals surface area contributed by atoms with Gasteiger partial charge in [-0.3, -0.25) is 0 Å². The number of hydrogen-bond donors (Lipinski definition) is 1. The van der Waals surface area contributed by atoms with E-state index in [-0.39, 0.29) is 0 Å². The lowest BCUT2D eigenvalue weighted by Gasteiger charge is -2.32. The molecule has 0 saturated heterocycles. The Morgan fingerprint density at radius 1 is 1.18 bits per heavy atom. The highest BCUT2D eigenvalue weighted by molar-refractivity contribution is 7.10. The van der Waals surface area contributed by atoms with E-state index in [4.69, 9.17) is 0 Å². The minimum Gasteiger partial charge on any atom is -0.307 e. The summed E-state index contributed by atoms with van der Waals surface area (Å²) in [6.07, 6.45) is 5.54. The van der Waals surface area contributed by atoms with Crippen LogP contribution in [0.3, 0.4) is 0 Å². The summed E-state index contributed by atoms with van der Waals surface area (Å²) >= 11 is 1.86. The average Bonchev–Trinajstić information content (AvgIpc) is 2.83. The highest BCUT2D eigenvalue weighted by Gasteiger charge is 2.24. The maximum Gasteiger partial charge on any atom is 0.0388 e. The molecule has 0 spiro atoms. The first-order valence-corrected chi connectivity index (χ1v) is 7.84. The third-order valence-electron chi connectivity index (χ3n) is 4.17. The summed E-state index contributed by atoms with van der Waals surface area (Å²) in [5.74, 6) is 1.83. The minimum absolute atomic E-state index is 0.524. The largest absolute Gasteiger partial charge is 0.307 e. The standard InChI is InChI=1S/C15H25NS/c1-11(2)13-6-8-14(9-7-13)16-12(3)15-5-4-10-17-15/h4-5,10-14,16H,6-9H2,1-3H3/t12-,13?,14?/m1/s1. The summed E-state index contributed by atoms with van der Waals surface area (Å²) in [5.41, 5.74) is 0.